The van der Waals surface area contributed by atoms with Crippen molar-refractivity contribution in [3.63, 3.8) is 0 Å². The van der Waals surface area contributed by atoms with Crippen LogP contribution in [0.15, 0.2) is 47.4 Å². The highest BCUT2D eigenvalue weighted by atomic mass is 32.2. The van der Waals surface area contributed by atoms with E-state index in [0.29, 0.717) is 12.8 Å². The Labute approximate surface area is 184 Å². The Kier molecular flexibility index (Phi) is 7.85. The zero-order valence-corrected chi connectivity index (χ0v) is 19.4. The van der Waals surface area contributed by atoms with Gasteiger partial charge in [0.1, 0.15) is 5.75 Å². The Balaban J connectivity index is 1.89. The first kappa shape index (κ1) is 23.1. The lowest BCUT2D eigenvalue weighted by atomic mass is 9.74. The van der Waals surface area contributed by atoms with Crippen molar-refractivity contribution in [2.75, 3.05) is 25.2 Å². The van der Waals surface area contributed by atoms with E-state index < -0.39 is 10.0 Å². The fourth-order valence-electron chi connectivity index (χ4n) is 4.12. The predicted octanol–water partition coefficient (Wildman–Crippen LogP) is 3.74. The van der Waals surface area contributed by atoms with Gasteiger partial charge in [-0.1, -0.05) is 30.7 Å². The maximum Gasteiger partial charge on any atom is 0.240 e. The molecule has 0 aromatic heterocycles. The molecular formula is C23H31NO4S2. The van der Waals surface area contributed by atoms with E-state index in [0.717, 1.165) is 33.9 Å². The van der Waals surface area contributed by atoms with Gasteiger partial charge in [-0.25, -0.2) is 13.1 Å². The van der Waals surface area contributed by atoms with Gasteiger partial charge in [0.15, 0.2) is 0 Å². The average molecular weight is 450 g/mol. The Morgan fingerprint density at radius 1 is 1.23 bits per heavy atom. The molecule has 0 amide bonds. The average Bonchev–Trinajstić information content (AvgIpc) is 2.74. The SMILES string of the molecule is CCSC[C@@H](CO)[C@@H]1C[C@H](NS(=O)(=O)c2ccc(C)cc2)Cc2ccc(OC)cc21. The van der Waals surface area contributed by atoms with Gasteiger partial charge >= 0.3 is 0 Å². The van der Waals surface area contributed by atoms with Gasteiger partial charge in [0.2, 0.25) is 10.0 Å². The molecule has 2 aromatic carbocycles. The summed E-state index contributed by atoms with van der Waals surface area (Å²) in [5.74, 6) is 2.74. The summed E-state index contributed by atoms with van der Waals surface area (Å²) in [6.45, 7) is 4.12. The van der Waals surface area contributed by atoms with Crippen molar-refractivity contribution in [1.29, 1.82) is 0 Å². The van der Waals surface area contributed by atoms with Crippen LogP contribution in [0.4, 0.5) is 0 Å². The molecular weight excluding hydrogens is 418 g/mol. The number of sulfonamides is 1. The van der Waals surface area contributed by atoms with Crippen molar-refractivity contribution in [1.82, 2.24) is 4.72 Å². The number of aryl methyl sites for hydroxylation is 1. The number of hydrogen-bond donors (Lipinski definition) is 2. The number of hydrogen-bond acceptors (Lipinski definition) is 5. The summed E-state index contributed by atoms with van der Waals surface area (Å²) in [6.07, 6.45) is 1.28. The van der Waals surface area contributed by atoms with Crippen LogP contribution < -0.4 is 9.46 Å². The monoisotopic (exact) mass is 449 g/mol. The van der Waals surface area contributed by atoms with E-state index in [1.165, 1.54) is 0 Å². The molecule has 7 heteroatoms. The molecule has 3 rings (SSSR count). The van der Waals surface area contributed by atoms with Crippen LogP contribution in [-0.2, 0) is 16.4 Å². The first-order valence-corrected chi connectivity index (χ1v) is 13.0. The number of nitrogens with one attached hydrogen (secondary N) is 1. The molecule has 5 nitrogen and oxygen atoms in total. The zero-order chi connectivity index (χ0) is 21.7. The van der Waals surface area contributed by atoms with Gasteiger partial charge < -0.3 is 9.84 Å². The highest BCUT2D eigenvalue weighted by Crippen LogP contribution is 2.40. The lowest BCUT2D eigenvalue weighted by Crippen LogP contribution is -2.41. The van der Waals surface area contributed by atoms with E-state index >= 15 is 0 Å². The van der Waals surface area contributed by atoms with Crippen LogP contribution in [0.5, 0.6) is 5.75 Å². The van der Waals surface area contributed by atoms with Gasteiger partial charge in [-0.05, 0) is 78.5 Å². The summed E-state index contributed by atoms with van der Waals surface area (Å²) in [5, 5.41) is 10.1. The third kappa shape index (κ3) is 5.38. The van der Waals surface area contributed by atoms with Crippen molar-refractivity contribution in [2.24, 2.45) is 5.92 Å². The van der Waals surface area contributed by atoms with Crippen LogP contribution in [0.2, 0.25) is 0 Å². The fourth-order valence-corrected chi connectivity index (χ4v) is 6.24. The molecule has 0 radical (unpaired) electrons. The summed E-state index contributed by atoms with van der Waals surface area (Å²) < 4.78 is 34.3. The molecule has 0 saturated heterocycles. The minimum atomic E-state index is -3.61. The number of aliphatic hydroxyl groups is 1. The van der Waals surface area contributed by atoms with Gasteiger partial charge in [-0.15, -0.1) is 0 Å². The Bertz CT molecular complexity index is 944. The quantitative estimate of drug-likeness (QED) is 0.610. The molecule has 0 saturated carbocycles. The first-order valence-electron chi connectivity index (χ1n) is 10.3. The van der Waals surface area contributed by atoms with E-state index in [-0.39, 0.29) is 29.4 Å². The van der Waals surface area contributed by atoms with Crippen LogP contribution in [-0.4, -0.2) is 44.8 Å². The van der Waals surface area contributed by atoms with Crippen LogP contribution >= 0.6 is 11.8 Å². The second-order valence-corrected chi connectivity index (χ2v) is 10.9. The molecule has 0 heterocycles. The van der Waals surface area contributed by atoms with Crippen molar-refractivity contribution in [2.45, 2.75) is 43.5 Å². The molecule has 1 aliphatic carbocycles. The van der Waals surface area contributed by atoms with Gasteiger partial charge in [0.25, 0.3) is 0 Å². The van der Waals surface area contributed by atoms with E-state index in [4.69, 9.17) is 4.74 Å². The topological polar surface area (TPSA) is 75.6 Å². The number of fused-ring (bicyclic) bond motifs is 1. The Morgan fingerprint density at radius 2 is 1.97 bits per heavy atom. The van der Waals surface area contributed by atoms with E-state index in [9.17, 15) is 13.5 Å². The molecule has 164 valence electrons. The van der Waals surface area contributed by atoms with Crippen molar-refractivity contribution < 1.29 is 18.3 Å². The number of rotatable bonds is 9. The van der Waals surface area contributed by atoms with Crippen LogP contribution in [0, 0.1) is 12.8 Å². The summed E-state index contributed by atoms with van der Waals surface area (Å²) in [7, 11) is -1.96. The zero-order valence-electron chi connectivity index (χ0n) is 17.8. The molecule has 1 aliphatic rings. The molecule has 2 aromatic rings. The third-order valence-corrected chi connectivity index (χ3v) is 8.36. The predicted molar refractivity (Wildman–Crippen MR) is 123 cm³/mol. The molecule has 0 bridgehead atoms. The van der Waals surface area contributed by atoms with E-state index in [1.54, 1.807) is 31.0 Å². The standard InChI is InChI=1S/C23H31NO4S2/c1-4-29-15-18(14-25)22-12-19(11-17-7-8-20(28-3)13-23(17)22)24-30(26,27)21-9-5-16(2)6-10-21/h5-10,13,18-19,22,24-25H,4,11-12,14-15H2,1-3H3/t18-,19-,22+/m1/s1. The van der Waals surface area contributed by atoms with Gasteiger partial charge in [0, 0.05) is 12.6 Å². The molecule has 3 atom stereocenters. The molecule has 0 spiro atoms. The lowest BCUT2D eigenvalue weighted by Gasteiger charge is -2.36. The third-order valence-electron chi connectivity index (χ3n) is 5.75. The Morgan fingerprint density at radius 3 is 2.60 bits per heavy atom. The number of thioether (sulfide) groups is 1. The highest BCUT2D eigenvalue weighted by molar-refractivity contribution is 7.99. The number of benzene rings is 2. The van der Waals surface area contributed by atoms with E-state index in [1.807, 2.05) is 37.3 Å². The van der Waals surface area contributed by atoms with Gasteiger partial charge in [-0.2, -0.15) is 11.8 Å². The van der Waals surface area contributed by atoms with Gasteiger partial charge in [0.05, 0.1) is 12.0 Å². The molecule has 2 N–H and O–H groups in total. The maximum absolute atomic E-state index is 13.0. The summed E-state index contributed by atoms with van der Waals surface area (Å²) in [6, 6.07) is 12.7. The number of ether oxygens (including phenoxy) is 1. The fraction of sp³-hybridized carbons (Fsp3) is 0.478. The van der Waals surface area contributed by atoms with Crippen LogP contribution in [0.25, 0.3) is 0 Å². The Hall–Kier alpha value is -1.54. The van der Waals surface area contributed by atoms with Gasteiger partial charge in [-0.3, -0.25) is 0 Å². The van der Waals surface area contributed by atoms with Crippen molar-refractivity contribution in [3.05, 3.63) is 59.2 Å². The second kappa shape index (κ2) is 10.2. The number of aliphatic hydroxyl groups excluding tert-OH is 1. The van der Waals surface area contributed by atoms with Crippen molar-refractivity contribution in [3.8, 4) is 5.75 Å². The second-order valence-electron chi connectivity index (χ2n) is 7.84. The molecule has 0 unspecified atom stereocenters. The first-order chi connectivity index (χ1) is 14.4. The van der Waals surface area contributed by atoms with Crippen LogP contribution in [0.3, 0.4) is 0 Å². The molecule has 0 fully saturated rings. The minimum absolute atomic E-state index is 0.0625. The summed E-state index contributed by atoms with van der Waals surface area (Å²) in [4.78, 5) is 0.283. The molecule has 30 heavy (non-hydrogen) atoms. The molecule has 0 aliphatic heterocycles. The number of methoxy groups -OCH3 is 1. The minimum Gasteiger partial charge on any atom is -0.497 e. The van der Waals surface area contributed by atoms with Crippen LogP contribution in [0.1, 0.15) is 36.0 Å². The van der Waals surface area contributed by atoms with Crippen molar-refractivity contribution >= 4 is 21.8 Å². The smallest absolute Gasteiger partial charge is 0.240 e. The summed E-state index contributed by atoms with van der Waals surface area (Å²) in [5.41, 5.74) is 3.30. The normalized spacial score (nSPS) is 19.9. The highest BCUT2D eigenvalue weighted by Gasteiger charge is 2.34. The maximum atomic E-state index is 13.0. The van der Waals surface area contributed by atoms with E-state index in [2.05, 4.69) is 11.6 Å². The largest absolute Gasteiger partial charge is 0.497 e. The summed E-state index contributed by atoms with van der Waals surface area (Å²) >= 11 is 1.80. The lowest BCUT2D eigenvalue weighted by molar-refractivity contribution is 0.206.